The van der Waals surface area contributed by atoms with Crippen LogP contribution in [0.3, 0.4) is 0 Å². The number of hydrogen-bond acceptors (Lipinski definition) is 4. The first-order chi connectivity index (χ1) is 15.1. The molecule has 32 heavy (non-hydrogen) atoms. The van der Waals surface area contributed by atoms with Crippen LogP contribution in [-0.4, -0.2) is 16.6 Å². The molecule has 1 amide bonds. The second kappa shape index (κ2) is 8.05. The van der Waals surface area contributed by atoms with Gasteiger partial charge in [-0.3, -0.25) is 24.6 Å². The Morgan fingerprint density at radius 2 is 1.75 bits per heavy atom. The molecule has 0 saturated heterocycles. The Kier molecular flexibility index (Phi) is 5.54. The zero-order chi connectivity index (χ0) is 23.2. The lowest BCUT2D eigenvalue weighted by Crippen LogP contribution is -2.40. The van der Waals surface area contributed by atoms with E-state index in [0.29, 0.717) is 29.7 Å². The van der Waals surface area contributed by atoms with Gasteiger partial charge in [-0.05, 0) is 42.7 Å². The van der Waals surface area contributed by atoms with Gasteiger partial charge < -0.3 is 0 Å². The number of anilines is 1. The van der Waals surface area contributed by atoms with Crippen molar-refractivity contribution in [3.05, 3.63) is 80.0 Å². The molecule has 0 aromatic heterocycles. The molecule has 2 aromatic carbocycles. The molecule has 1 aliphatic carbocycles. The van der Waals surface area contributed by atoms with E-state index in [9.17, 15) is 32.9 Å². The highest BCUT2D eigenvalue weighted by Gasteiger charge is 2.40. The maximum Gasteiger partial charge on any atom is 0.416 e. The molecule has 166 valence electrons. The summed E-state index contributed by atoms with van der Waals surface area (Å²) in [5, 5.41) is 11.2. The van der Waals surface area contributed by atoms with Crippen molar-refractivity contribution in [3.63, 3.8) is 0 Å². The van der Waals surface area contributed by atoms with E-state index in [1.165, 1.54) is 35.2 Å². The molecule has 0 saturated carbocycles. The van der Waals surface area contributed by atoms with Crippen molar-refractivity contribution >= 4 is 34.7 Å². The van der Waals surface area contributed by atoms with Gasteiger partial charge in [-0.2, -0.15) is 13.2 Å². The highest BCUT2D eigenvalue weighted by atomic mass is 35.5. The maximum atomic E-state index is 13.1. The number of allylic oxidation sites excluding steroid dienone is 2. The van der Waals surface area contributed by atoms with E-state index in [-0.39, 0.29) is 35.0 Å². The Bertz CT molecular complexity index is 1160. The third-order valence-corrected chi connectivity index (χ3v) is 6.02. The van der Waals surface area contributed by atoms with Crippen molar-refractivity contribution in [2.45, 2.75) is 37.8 Å². The Hall–Kier alpha value is -3.20. The number of hydrogen-bond donors (Lipinski definition) is 0. The Labute approximate surface area is 185 Å². The van der Waals surface area contributed by atoms with E-state index in [1.54, 1.807) is 0 Å². The van der Waals surface area contributed by atoms with Crippen molar-refractivity contribution in [1.82, 2.24) is 0 Å². The summed E-state index contributed by atoms with van der Waals surface area (Å²) in [4.78, 5) is 37.9. The predicted molar refractivity (Wildman–Crippen MR) is 110 cm³/mol. The van der Waals surface area contributed by atoms with E-state index in [1.807, 2.05) is 0 Å². The van der Waals surface area contributed by atoms with Crippen LogP contribution in [0.4, 0.5) is 24.5 Å². The third kappa shape index (κ3) is 3.88. The lowest BCUT2D eigenvalue weighted by Gasteiger charge is -2.38. The summed E-state index contributed by atoms with van der Waals surface area (Å²) in [5.41, 5.74) is 0.274. The summed E-state index contributed by atoms with van der Waals surface area (Å²) in [6, 6.07) is 8.41. The van der Waals surface area contributed by atoms with Gasteiger partial charge in [0.25, 0.3) is 5.69 Å². The summed E-state index contributed by atoms with van der Waals surface area (Å²) in [5.74, 6) is -1.26. The number of ketones is 1. The minimum atomic E-state index is -4.49. The monoisotopic (exact) mass is 464 g/mol. The van der Waals surface area contributed by atoms with Crippen molar-refractivity contribution < 1.29 is 27.7 Å². The summed E-state index contributed by atoms with van der Waals surface area (Å²) in [6.45, 7) is 0. The minimum absolute atomic E-state index is 0.0836. The van der Waals surface area contributed by atoms with Crippen LogP contribution in [-0.2, 0) is 15.8 Å². The molecule has 2 aromatic rings. The quantitative estimate of drug-likeness (QED) is 0.425. The summed E-state index contributed by atoms with van der Waals surface area (Å²) in [7, 11) is 0. The highest BCUT2D eigenvalue weighted by Crippen LogP contribution is 2.44. The van der Waals surface area contributed by atoms with Gasteiger partial charge in [-0.15, -0.1) is 0 Å². The van der Waals surface area contributed by atoms with E-state index >= 15 is 0 Å². The van der Waals surface area contributed by atoms with Crippen LogP contribution in [0.1, 0.15) is 42.7 Å². The van der Waals surface area contributed by atoms with Gasteiger partial charge in [0.1, 0.15) is 5.02 Å². The van der Waals surface area contributed by atoms with E-state index in [0.717, 1.165) is 12.1 Å². The molecular weight excluding hydrogens is 449 g/mol. The van der Waals surface area contributed by atoms with Crippen molar-refractivity contribution in [3.8, 4) is 0 Å². The van der Waals surface area contributed by atoms with Gasteiger partial charge in [-0.1, -0.05) is 23.7 Å². The number of amides is 1. The number of benzene rings is 2. The first kappa shape index (κ1) is 22.0. The molecule has 0 fully saturated rings. The number of nitro groups is 1. The molecule has 1 heterocycles. The number of carbonyl (C=O) groups is 2. The number of rotatable bonds is 3. The Balaban J connectivity index is 1.81. The van der Waals surface area contributed by atoms with Crippen LogP contribution in [0.25, 0.3) is 0 Å². The molecule has 6 nitrogen and oxygen atoms in total. The third-order valence-electron chi connectivity index (χ3n) is 5.70. The molecule has 0 N–H and O–H groups in total. The molecule has 0 radical (unpaired) electrons. The summed E-state index contributed by atoms with van der Waals surface area (Å²) < 4.78 is 38.8. The van der Waals surface area contributed by atoms with Crippen LogP contribution in [0.2, 0.25) is 5.02 Å². The first-order valence-electron chi connectivity index (χ1n) is 9.78. The van der Waals surface area contributed by atoms with Gasteiger partial charge in [0, 0.05) is 36.1 Å². The molecule has 0 spiro atoms. The van der Waals surface area contributed by atoms with Crippen LogP contribution >= 0.6 is 11.6 Å². The molecular formula is C22H16ClF3N2O4. The predicted octanol–water partition coefficient (Wildman–Crippen LogP) is 5.79. The average molecular weight is 465 g/mol. The zero-order valence-corrected chi connectivity index (χ0v) is 17.2. The van der Waals surface area contributed by atoms with Crippen LogP contribution in [0, 0.1) is 10.1 Å². The Morgan fingerprint density at radius 3 is 2.38 bits per heavy atom. The van der Waals surface area contributed by atoms with Crippen molar-refractivity contribution in [2.75, 3.05) is 4.90 Å². The summed E-state index contributed by atoms with van der Waals surface area (Å²) >= 11 is 5.88. The molecule has 1 atom stereocenters. The first-order valence-corrected chi connectivity index (χ1v) is 10.2. The standard InChI is InChI=1S/C22H16ClF3N2O4/c23-16-9-8-14(10-18(16)28(31)32)27-17-2-1-3-19(29)21(17)15(11-20(27)30)12-4-6-13(7-5-12)22(24,25)26/h4-10,15H,1-3,11H2. The largest absolute Gasteiger partial charge is 0.416 e. The van der Waals surface area contributed by atoms with Crippen molar-refractivity contribution in [1.29, 1.82) is 0 Å². The second-order valence-electron chi connectivity index (χ2n) is 7.64. The lowest BCUT2D eigenvalue weighted by atomic mass is 9.77. The number of alkyl halides is 3. The van der Waals surface area contributed by atoms with Crippen LogP contribution < -0.4 is 4.90 Å². The fourth-order valence-electron chi connectivity index (χ4n) is 4.26. The second-order valence-corrected chi connectivity index (χ2v) is 8.04. The average Bonchev–Trinajstić information content (AvgIpc) is 2.73. The maximum absolute atomic E-state index is 13.1. The normalized spacial score (nSPS) is 19.2. The molecule has 0 bridgehead atoms. The van der Waals surface area contributed by atoms with Gasteiger partial charge >= 0.3 is 6.18 Å². The van der Waals surface area contributed by atoms with Gasteiger partial charge in [-0.25, -0.2) is 0 Å². The molecule has 1 unspecified atom stereocenters. The fraction of sp³-hybridized carbons (Fsp3) is 0.273. The van der Waals surface area contributed by atoms with Gasteiger partial charge in [0.15, 0.2) is 5.78 Å². The molecule has 4 rings (SSSR count). The van der Waals surface area contributed by atoms with Crippen molar-refractivity contribution in [2.24, 2.45) is 0 Å². The SMILES string of the molecule is O=C1CCCC2=C1C(c1ccc(C(F)(F)F)cc1)CC(=O)N2c1ccc(Cl)c([N+](=O)[O-])c1. The lowest BCUT2D eigenvalue weighted by molar-refractivity contribution is -0.384. The van der Waals surface area contributed by atoms with Gasteiger partial charge in [0.05, 0.1) is 16.2 Å². The molecule has 2 aliphatic rings. The van der Waals surface area contributed by atoms with Crippen LogP contribution in [0.15, 0.2) is 53.7 Å². The Morgan fingerprint density at radius 1 is 1.06 bits per heavy atom. The fourth-order valence-corrected chi connectivity index (χ4v) is 4.45. The number of halogens is 4. The number of nitrogens with zero attached hydrogens (tertiary/aromatic N) is 2. The van der Waals surface area contributed by atoms with Crippen LogP contribution in [0.5, 0.6) is 0 Å². The van der Waals surface area contributed by atoms with E-state index in [4.69, 9.17) is 11.6 Å². The van der Waals surface area contributed by atoms with E-state index < -0.39 is 28.5 Å². The minimum Gasteiger partial charge on any atom is -0.294 e. The smallest absolute Gasteiger partial charge is 0.294 e. The number of carbonyl (C=O) groups excluding carboxylic acids is 2. The molecule has 1 aliphatic heterocycles. The number of Topliss-reactive ketones (excluding diaryl/α,β-unsaturated/α-hetero) is 1. The van der Waals surface area contributed by atoms with E-state index in [2.05, 4.69) is 0 Å². The number of nitro benzene ring substituents is 1. The topological polar surface area (TPSA) is 80.5 Å². The molecule has 10 heteroatoms. The highest BCUT2D eigenvalue weighted by molar-refractivity contribution is 6.32. The van der Waals surface area contributed by atoms with Gasteiger partial charge in [0.2, 0.25) is 5.91 Å². The zero-order valence-electron chi connectivity index (χ0n) is 16.5. The summed E-state index contributed by atoms with van der Waals surface area (Å²) in [6.07, 6.45) is -3.49.